The Bertz CT molecular complexity index is 926. The van der Waals surface area contributed by atoms with Crippen molar-refractivity contribution < 1.29 is 14.3 Å². The molecule has 1 aromatic heterocycles. The van der Waals surface area contributed by atoms with Crippen LogP contribution < -0.4 is 10.1 Å². The Hall–Kier alpha value is -2.79. The van der Waals surface area contributed by atoms with Crippen LogP contribution in [0.2, 0.25) is 0 Å². The van der Waals surface area contributed by atoms with Gasteiger partial charge in [0.2, 0.25) is 0 Å². The van der Waals surface area contributed by atoms with Crippen LogP contribution in [0.4, 0.5) is 5.69 Å². The summed E-state index contributed by atoms with van der Waals surface area (Å²) in [6, 6.07) is 15.3. The highest BCUT2D eigenvalue weighted by Crippen LogP contribution is 2.29. The number of methoxy groups -OCH3 is 1. The summed E-state index contributed by atoms with van der Waals surface area (Å²) in [5.74, 6) is 1.41. The summed E-state index contributed by atoms with van der Waals surface area (Å²) in [4.78, 5) is 12.5. The third kappa shape index (κ3) is 4.31. The van der Waals surface area contributed by atoms with Crippen molar-refractivity contribution >= 4 is 22.5 Å². The molecule has 2 aromatic carbocycles. The molecule has 1 N–H and O–H groups in total. The molecule has 0 saturated heterocycles. The summed E-state index contributed by atoms with van der Waals surface area (Å²) in [6.45, 7) is 2.25. The standard InChI is InChI=1S/C22H24N2O3/c1-26-13-12-24-11-10-18-14-19(6-9-21(18)24)23-22(25)17-4-7-20(8-5-17)27-15-16-2-3-16/h4-11,14,16H,2-3,12-13,15H2,1H3,(H,23,25). The van der Waals surface area contributed by atoms with Crippen molar-refractivity contribution in [2.24, 2.45) is 5.92 Å². The molecule has 1 aliphatic rings. The van der Waals surface area contributed by atoms with Crippen LogP contribution in [0.15, 0.2) is 54.7 Å². The minimum absolute atomic E-state index is 0.123. The number of carbonyl (C=O) groups is 1. The molecule has 0 spiro atoms. The van der Waals surface area contributed by atoms with Crippen molar-refractivity contribution in [3.05, 3.63) is 60.3 Å². The molecule has 140 valence electrons. The van der Waals surface area contributed by atoms with Crippen molar-refractivity contribution in [2.45, 2.75) is 19.4 Å². The van der Waals surface area contributed by atoms with E-state index in [1.807, 2.05) is 42.6 Å². The molecule has 0 radical (unpaired) electrons. The van der Waals surface area contributed by atoms with Gasteiger partial charge in [-0.15, -0.1) is 0 Å². The molecule has 0 aliphatic heterocycles. The molecule has 1 amide bonds. The summed E-state index contributed by atoms with van der Waals surface area (Å²) in [6.07, 6.45) is 4.57. The van der Waals surface area contributed by atoms with Gasteiger partial charge in [0.15, 0.2) is 0 Å². The van der Waals surface area contributed by atoms with Crippen LogP contribution in [0.5, 0.6) is 5.75 Å². The number of aromatic nitrogens is 1. The number of nitrogens with one attached hydrogen (secondary N) is 1. The Labute approximate surface area is 158 Å². The van der Waals surface area contributed by atoms with Gasteiger partial charge in [0.1, 0.15) is 5.75 Å². The lowest BCUT2D eigenvalue weighted by molar-refractivity contribution is 0.102. The highest BCUT2D eigenvalue weighted by Gasteiger charge is 2.21. The van der Waals surface area contributed by atoms with Crippen LogP contribution in [0.25, 0.3) is 10.9 Å². The lowest BCUT2D eigenvalue weighted by Crippen LogP contribution is -2.11. The van der Waals surface area contributed by atoms with Crippen LogP contribution in [0.3, 0.4) is 0 Å². The predicted molar refractivity (Wildman–Crippen MR) is 106 cm³/mol. The first-order valence-corrected chi connectivity index (χ1v) is 9.35. The van der Waals surface area contributed by atoms with Gasteiger partial charge in [-0.05, 0) is 67.3 Å². The molecule has 1 aliphatic carbocycles. The molecule has 5 nitrogen and oxygen atoms in total. The molecule has 4 rings (SSSR count). The van der Waals surface area contributed by atoms with E-state index in [9.17, 15) is 4.79 Å². The fraction of sp³-hybridized carbons (Fsp3) is 0.318. The molecule has 5 heteroatoms. The van der Waals surface area contributed by atoms with Crippen LogP contribution in [-0.4, -0.2) is 30.8 Å². The maximum Gasteiger partial charge on any atom is 0.255 e. The van der Waals surface area contributed by atoms with Crippen molar-refractivity contribution in [1.82, 2.24) is 4.57 Å². The van der Waals surface area contributed by atoms with E-state index < -0.39 is 0 Å². The molecule has 27 heavy (non-hydrogen) atoms. The number of benzene rings is 2. The van der Waals surface area contributed by atoms with Gasteiger partial charge in [0, 0.05) is 42.0 Å². The topological polar surface area (TPSA) is 52.5 Å². The van der Waals surface area contributed by atoms with E-state index >= 15 is 0 Å². The van der Waals surface area contributed by atoms with Gasteiger partial charge < -0.3 is 19.4 Å². The third-order valence-electron chi connectivity index (χ3n) is 4.86. The van der Waals surface area contributed by atoms with E-state index in [-0.39, 0.29) is 5.91 Å². The molecule has 0 atom stereocenters. The Morgan fingerprint density at radius 1 is 1.15 bits per heavy atom. The first-order valence-electron chi connectivity index (χ1n) is 9.35. The predicted octanol–water partition coefficient (Wildman–Crippen LogP) is 4.33. The van der Waals surface area contributed by atoms with Gasteiger partial charge in [0.05, 0.1) is 13.2 Å². The first-order chi connectivity index (χ1) is 13.2. The number of amides is 1. The summed E-state index contributed by atoms with van der Waals surface area (Å²) >= 11 is 0. The largest absolute Gasteiger partial charge is 0.493 e. The second-order valence-corrected chi connectivity index (χ2v) is 7.01. The summed E-state index contributed by atoms with van der Waals surface area (Å²) in [5.41, 5.74) is 2.53. The van der Waals surface area contributed by atoms with Crippen LogP contribution in [0.1, 0.15) is 23.2 Å². The highest BCUT2D eigenvalue weighted by atomic mass is 16.5. The molecule has 1 heterocycles. The summed E-state index contributed by atoms with van der Waals surface area (Å²) in [7, 11) is 1.70. The second kappa shape index (κ2) is 7.84. The molecular weight excluding hydrogens is 340 g/mol. The van der Waals surface area contributed by atoms with E-state index in [2.05, 4.69) is 9.88 Å². The number of hydrogen-bond acceptors (Lipinski definition) is 3. The second-order valence-electron chi connectivity index (χ2n) is 7.01. The lowest BCUT2D eigenvalue weighted by atomic mass is 10.2. The van der Waals surface area contributed by atoms with Crippen molar-refractivity contribution in [2.75, 3.05) is 25.6 Å². The molecule has 0 bridgehead atoms. The van der Waals surface area contributed by atoms with Crippen molar-refractivity contribution in [1.29, 1.82) is 0 Å². The zero-order chi connectivity index (χ0) is 18.6. The Morgan fingerprint density at radius 2 is 1.96 bits per heavy atom. The minimum atomic E-state index is -0.123. The fourth-order valence-electron chi connectivity index (χ4n) is 3.07. The van der Waals surface area contributed by atoms with Gasteiger partial charge in [-0.25, -0.2) is 0 Å². The SMILES string of the molecule is COCCn1ccc2cc(NC(=O)c3ccc(OCC4CC4)cc3)ccc21. The Morgan fingerprint density at radius 3 is 2.70 bits per heavy atom. The van der Waals surface area contributed by atoms with Crippen LogP contribution >= 0.6 is 0 Å². The molecule has 0 unspecified atom stereocenters. The fourth-order valence-corrected chi connectivity index (χ4v) is 3.07. The van der Waals surface area contributed by atoms with Crippen molar-refractivity contribution in [3.63, 3.8) is 0 Å². The number of carbonyl (C=O) groups excluding carboxylic acids is 1. The zero-order valence-corrected chi connectivity index (χ0v) is 15.5. The average molecular weight is 364 g/mol. The smallest absolute Gasteiger partial charge is 0.255 e. The lowest BCUT2D eigenvalue weighted by Gasteiger charge is -2.09. The Kier molecular flexibility index (Phi) is 5.12. The third-order valence-corrected chi connectivity index (χ3v) is 4.86. The number of nitrogens with zero attached hydrogens (tertiary/aromatic N) is 1. The van der Waals surface area contributed by atoms with E-state index in [1.54, 1.807) is 19.2 Å². The summed E-state index contributed by atoms with van der Waals surface area (Å²) in [5, 5.41) is 4.06. The summed E-state index contributed by atoms with van der Waals surface area (Å²) < 4.78 is 13.0. The van der Waals surface area contributed by atoms with E-state index in [0.717, 1.165) is 35.5 Å². The maximum absolute atomic E-state index is 12.5. The maximum atomic E-state index is 12.5. The molecular formula is C22H24N2O3. The van der Waals surface area contributed by atoms with Gasteiger partial charge in [-0.2, -0.15) is 0 Å². The first kappa shape index (κ1) is 17.6. The Balaban J connectivity index is 1.40. The van der Waals surface area contributed by atoms with E-state index in [4.69, 9.17) is 9.47 Å². The monoisotopic (exact) mass is 364 g/mol. The normalized spacial score (nSPS) is 13.7. The van der Waals surface area contributed by atoms with Gasteiger partial charge in [-0.1, -0.05) is 0 Å². The number of hydrogen-bond donors (Lipinski definition) is 1. The molecule has 1 fully saturated rings. The number of anilines is 1. The zero-order valence-electron chi connectivity index (χ0n) is 15.5. The van der Waals surface area contributed by atoms with Crippen LogP contribution in [0, 0.1) is 5.92 Å². The van der Waals surface area contributed by atoms with E-state index in [1.165, 1.54) is 12.8 Å². The van der Waals surface area contributed by atoms with E-state index in [0.29, 0.717) is 18.1 Å². The van der Waals surface area contributed by atoms with Gasteiger partial charge in [-0.3, -0.25) is 4.79 Å². The number of rotatable bonds is 8. The molecule has 3 aromatic rings. The van der Waals surface area contributed by atoms with Gasteiger partial charge in [0.25, 0.3) is 5.91 Å². The quantitative estimate of drug-likeness (QED) is 0.647. The molecule has 1 saturated carbocycles. The average Bonchev–Trinajstić information content (AvgIpc) is 3.44. The van der Waals surface area contributed by atoms with Crippen molar-refractivity contribution in [3.8, 4) is 5.75 Å². The van der Waals surface area contributed by atoms with Crippen LogP contribution in [-0.2, 0) is 11.3 Å². The minimum Gasteiger partial charge on any atom is -0.493 e. The highest BCUT2D eigenvalue weighted by molar-refractivity contribution is 6.05. The number of ether oxygens (including phenoxy) is 2. The number of fused-ring (bicyclic) bond motifs is 1. The van der Waals surface area contributed by atoms with Gasteiger partial charge >= 0.3 is 0 Å².